The molecule has 3 unspecified atom stereocenters. The van der Waals surface area contributed by atoms with Gasteiger partial charge in [-0.2, -0.15) is 0 Å². The van der Waals surface area contributed by atoms with Gasteiger partial charge in [-0.25, -0.2) is 0 Å². The van der Waals surface area contributed by atoms with E-state index < -0.39 is 29.1 Å². The van der Waals surface area contributed by atoms with E-state index in [9.17, 15) is 24.5 Å². The molecule has 0 saturated heterocycles. The minimum Gasteiger partial charge on any atom is -0.479 e. The lowest BCUT2D eigenvalue weighted by molar-refractivity contribution is -0.384. The van der Waals surface area contributed by atoms with Crippen LogP contribution >= 0.6 is 0 Å². The summed E-state index contributed by atoms with van der Waals surface area (Å²) in [6.07, 6.45) is -1.54. The smallest absolute Gasteiger partial charge is 0.273 e. The molecule has 10 heteroatoms. The van der Waals surface area contributed by atoms with E-state index in [2.05, 4.69) is 5.32 Å². The topological polar surface area (TPSA) is 128 Å². The second kappa shape index (κ2) is 8.19. The molecule has 2 heterocycles. The molecule has 33 heavy (non-hydrogen) atoms. The summed E-state index contributed by atoms with van der Waals surface area (Å²) in [5.74, 6) is -0.705. The maximum Gasteiger partial charge on any atom is 0.273 e. The van der Waals surface area contributed by atoms with Crippen LogP contribution in [0.1, 0.15) is 38.1 Å². The second-order valence-electron chi connectivity index (χ2n) is 8.40. The van der Waals surface area contributed by atoms with Gasteiger partial charge in [-0.1, -0.05) is 13.8 Å². The van der Waals surface area contributed by atoms with Crippen molar-refractivity contribution in [3.05, 3.63) is 52.1 Å². The third kappa shape index (κ3) is 3.88. The number of benzene rings is 2. The number of nitrogens with zero attached hydrogens (tertiary/aromatic N) is 2. The number of nitro groups is 1. The summed E-state index contributed by atoms with van der Waals surface area (Å²) in [6, 6.07) is 7.69. The number of hydrogen-bond donors (Lipinski definition) is 1. The van der Waals surface area contributed by atoms with Crippen molar-refractivity contribution in [2.45, 2.75) is 45.9 Å². The minimum atomic E-state index is -0.931. The average molecular weight is 453 g/mol. The number of non-ortho nitro benzene ring substituents is 1. The predicted molar refractivity (Wildman–Crippen MR) is 119 cm³/mol. The van der Waals surface area contributed by atoms with Crippen LogP contribution < -0.4 is 19.7 Å². The van der Waals surface area contributed by atoms with Crippen LogP contribution in [0.3, 0.4) is 0 Å². The van der Waals surface area contributed by atoms with Gasteiger partial charge in [0, 0.05) is 11.6 Å². The Kier molecular flexibility index (Phi) is 5.52. The maximum atomic E-state index is 13.4. The van der Waals surface area contributed by atoms with Crippen LogP contribution in [-0.2, 0) is 9.59 Å². The van der Waals surface area contributed by atoms with Gasteiger partial charge in [-0.05, 0) is 44.0 Å². The SMILES string of the molecule is CC1Oc2ccc(C(=O)C(C)N3C(=O)C(C(C)C)Oc4cc([N+](=O)[O-])ccc43)cc2NC1=O. The third-order valence-electron chi connectivity index (χ3n) is 5.72. The van der Waals surface area contributed by atoms with Crippen molar-refractivity contribution < 1.29 is 28.8 Å². The van der Waals surface area contributed by atoms with Gasteiger partial charge < -0.3 is 14.8 Å². The van der Waals surface area contributed by atoms with E-state index in [0.29, 0.717) is 11.4 Å². The summed E-state index contributed by atoms with van der Waals surface area (Å²) >= 11 is 0. The Balaban J connectivity index is 1.71. The largest absolute Gasteiger partial charge is 0.479 e. The highest BCUT2D eigenvalue weighted by atomic mass is 16.6. The first-order valence-corrected chi connectivity index (χ1v) is 10.5. The Morgan fingerprint density at radius 1 is 1.09 bits per heavy atom. The van der Waals surface area contributed by atoms with Crippen LogP contribution in [0.5, 0.6) is 11.5 Å². The van der Waals surface area contributed by atoms with Gasteiger partial charge in [0.1, 0.15) is 5.75 Å². The van der Waals surface area contributed by atoms with Gasteiger partial charge in [0.25, 0.3) is 17.5 Å². The number of Topliss-reactive ketones (excluding diaryl/α,β-unsaturated/α-hetero) is 1. The lowest BCUT2D eigenvalue weighted by Gasteiger charge is -2.38. The second-order valence-corrected chi connectivity index (χ2v) is 8.40. The molecule has 2 aliphatic heterocycles. The van der Waals surface area contributed by atoms with Gasteiger partial charge in [0.05, 0.1) is 28.4 Å². The first-order chi connectivity index (χ1) is 15.6. The highest BCUT2D eigenvalue weighted by Gasteiger charge is 2.41. The van der Waals surface area contributed by atoms with Crippen LogP contribution in [0.2, 0.25) is 0 Å². The zero-order valence-electron chi connectivity index (χ0n) is 18.5. The number of anilines is 2. The molecule has 0 aliphatic carbocycles. The molecular weight excluding hydrogens is 430 g/mol. The van der Waals surface area contributed by atoms with E-state index >= 15 is 0 Å². The highest BCUT2D eigenvalue weighted by Crippen LogP contribution is 2.40. The number of nitrogens with one attached hydrogen (secondary N) is 1. The van der Waals surface area contributed by atoms with Crippen LogP contribution in [0.4, 0.5) is 17.1 Å². The van der Waals surface area contributed by atoms with Crippen molar-refractivity contribution in [3.63, 3.8) is 0 Å². The fourth-order valence-electron chi connectivity index (χ4n) is 3.89. The summed E-state index contributed by atoms with van der Waals surface area (Å²) in [5, 5.41) is 13.9. The number of amides is 2. The van der Waals surface area contributed by atoms with Crippen LogP contribution in [0, 0.1) is 16.0 Å². The van der Waals surface area contributed by atoms with Crippen molar-refractivity contribution in [2.24, 2.45) is 5.92 Å². The average Bonchev–Trinajstić information content (AvgIpc) is 2.77. The van der Waals surface area contributed by atoms with Crippen molar-refractivity contribution in [2.75, 3.05) is 10.2 Å². The number of hydrogen-bond acceptors (Lipinski definition) is 7. The fourth-order valence-corrected chi connectivity index (χ4v) is 3.89. The predicted octanol–water partition coefficient (Wildman–Crippen LogP) is 3.34. The molecule has 0 spiro atoms. The number of ketones is 1. The Morgan fingerprint density at radius 2 is 1.82 bits per heavy atom. The molecule has 1 N–H and O–H groups in total. The molecule has 0 bridgehead atoms. The Bertz CT molecular complexity index is 1180. The summed E-state index contributed by atoms with van der Waals surface area (Å²) in [7, 11) is 0. The quantitative estimate of drug-likeness (QED) is 0.418. The van der Waals surface area contributed by atoms with Gasteiger partial charge in [0.15, 0.2) is 23.7 Å². The molecule has 2 aromatic carbocycles. The van der Waals surface area contributed by atoms with Gasteiger partial charge in [0.2, 0.25) is 0 Å². The van der Waals surface area contributed by atoms with E-state index in [-0.39, 0.29) is 40.3 Å². The highest BCUT2D eigenvalue weighted by molar-refractivity contribution is 6.11. The lowest BCUT2D eigenvalue weighted by Crippen LogP contribution is -2.54. The van der Waals surface area contributed by atoms with E-state index in [1.54, 1.807) is 39.8 Å². The molecule has 10 nitrogen and oxygen atoms in total. The zero-order valence-corrected chi connectivity index (χ0v) is 18.5. The maximum absolute atomic E-state index is 13.4. The first-order valence-electron chi connectivity index (χ1n) is 10.5. The molecule has 3 atom stereocenters. The molecule has 0 fully saturated rings. The first kappa shape index (κ1) is 22.3. The number of nitro benzene ring substituents is 1. The summed E-state index contributed by atoms with van der Waals surface area (Å²) in [6.45, 7) is 6.80. The molecule has 2 aromatic rings. The molecule has 2 amide bonds. The Labute approximate surface area is 189 Å². The normalized spacial score (nSPS) is 20.2. The third-order valence-corrected chi connectivity index (χ3v) is 5.72. The number of carbonyl (C=O) groups is 3. The summed E-state index contributed by atoms with van der Waals surface area (Å²) in [5.41, 5.74) is 0.764. The molecule has 2 aliphatic rings. The minimum absolute atomic E-state index is 0.169. The van der Waals surface area contributed by atoms with E-state index in [1.165, 1.54) is 29.2 Å². The van der Waals surface area contributed by atoms with Crippen LogP contribution in [-0.4, -0.2) is 40.8 Å². The summed E-state index contributed by atoms with van der Waals surface area (Å²) in [4.78, 5) is 50.6. The van der Waals surface area contributed by atoms with Gasteiger partial charge >= 0.3 is 0 Å². The zero-order chi connectivity index (χ0) is 24.0. The van der Waals surface area contributed by atoms with Gasteiger partial charge in [-0.3, -0.25) is 29.4 Å². The number of fused-ring (bicyclic) bond motifs is 2. The van der Waals surface area contributed by atoms with E-state index in [0.717, 1.165) is 0 Å². The molecule has 0 saturated carbocycles. The Hall–Kier alpha value is -3.95. The van der Waals surface area contributed by atoms with Crippen LogP contribution in [0.15, 0.2) is 36.4 Å². The van der Waals surface area contributed by atoms with Crippen molar-refractivity contribution in [1.29, 1.82) is 0 Å². The molecule has 0 aromatic heterocycles. The summed E-state index contributed by atoms with van der Waals surface area (Å²) < 4.78 is 11.3. The number of rotatable bonds is 5. The molecular formula is C23H23N3O7. The van der Waals surface area contributed by atoms with Crippen molar-refractivity contribution in [1.82, 2.24) is 0 Å². The number of ether oxygens (including phenoxy) is 2. The molecule has 0 radical (unpaired) electrons. The molecule has 4 rings (SSSR count). The van der Waals surface area contributed by atoms with Crippen molar-refractivity contribution >= 4 is 34.7 Å². The van der Waals surface area contributed by atoms with E-state index in [1.807, 2.05) is 0 Å². The molecule has 172 valence electrons. The van der Waals surface area contributed by atoms with E-state index in [4.69, 9.17) is 9.47 Å². The monoisotopic (exact) mass is 453 g/mol. The number of carbonyl (C=O) groups excluding carboxylic acids is 3. The fraction of sp³-hybridized carbons (Fsp3) is 0.348. The Morgan fingerprint density at radius 3 is 2.48 bits per heavy atom. The van der Waals surface area contributed by atoms with Gasteiger partial charge in [-0.15, -0.1) is 0 Å². The standard InChI is InChI=1S/C23H23N3O7/c1-11(2)21-23(29)25(17-7-6-15(26(30)31)10-19(17)33-21)12(3)20(27)14-5-8-18-16(9-14)24-22(28)13(4)32-18/h5-13,21H,1-4H3,(H,24,28). The van der Waals surface area contributed by atoms with Crippen molar-refractivity contribution in [3.8, 4) is 11.5 Å². The lowest BCUT2D eigenvalue weighted by atomic mass is 9.98. The van der Waals surface area contributed by atoms with Crippen LogP contribution in [0.25, 0.3) is 0 Å².